The second-order valence-electron chi connectivity index (χ2n) is 6.85. The van der Waals surface area contributed by atoms with Crippen LogP contribution in [0.25, 0.3) is 11.0 Å². The summed E-state index contributed by atoms with van der Waals surface area (Å²) in [5.41, 5.74) is 2.65. The number of hydrogen-bond acceptors (Lipinski definition) is 3. The van der Waals surface area contributed by atoms with Gasteiger partial charge in [0.1, 0.15) is 11.6 Å². The third-order valence-corrected chi connectivity index (χ3v) is 5.29. The number of amides is 1. The molecule has 1 aromatic carbocycles. The molecule has 25 heavy (non-hydrogen) atoms. The van der Waals surface area contributed by atoms with Crippen molar-refractivity contribution in [2.45, 2.75) is 32.7 Å². The molecule has 0 bridgehead atoms. The van der Waals surface area contributed by atoms with Crippen LogP contribution in [0.1, 0.15) is 40.9 Å². The van der Waals surface area contributed by atoms with Gasteiger partial charge in [0, 0.05) is 38.1 Å². The summed E-state index contributed by atoms with van der Waals surface area (Å²) in [5.74, 6) is 2.05. The zero-order chi connectivity index (χ0) is 17.6. The van der Waals surface area contributed by atoms with E-state index < -0.39 is 0 Å². The minimum atomic E-state index is 0.0904. The van der Waals surface area contributed by atoms with E-state index in [0.717, 1.165) is 48.6 Å². The molecule has 1 saturated heterocycles. The number of piperidine rings is 1. The molecule has 1 fully saturated rings. The molecule has 1 amide bonds. The summed E-state index contributed by atoms with van der Waals surface area (Å²) in [7, 11) is 1.99. The van der Waals surface area contributed by atoms with Crippen molar-refractivity contribution in [2.75, 3.05) is 13.1 Å². The quantitative estimate of drug-likeness (QED) is 0.722. The number of aryl methyl sites for hydroxylation is 3. The summed E-state index contributed by atoms with van der Waals surface area (Å²) in [6, 6.07) is 6.12. The van der Waals surface area contributed by atoms with E-state index in [1.807, 2.05) is 61.0 Å². The standard InChI is InChI=1S/C19H23N5O/c1-13-20-8-10-24(13)16-5-4-9-23(12-16)19(25)15-6-7-18-17(11-15)21-14(2)22(18)3/h6-8,10-11,16H,4-5,9,12H2,1-3H3. The number of fused-ring (bicyclic) bond motifs is 1. The number of rotatable bonds is 2. The van der Waals surface area contributed by atoms with Gasteiger partial charge in [0.05, 0.1) is 17.1 Å². The van der Waals surface area contributed by atoms with Crippen LogP contribution >= 0.6 is 0 Å². The van der Waals surface area contributed by atoms with Gasteiger partial charge in [0.2, 0.25) is 0 Å². The smallest absolute Gasteiger partial charge is 0.254 e. The summed E-state index contributed by atoms with van der Waals surface area (Å²) in [4.78, 5) is 23.8. The highest BCUT2D eigenvalue weighted by Gasteiger charge is 2.26. The number of carbonyl (C=O) groups is 1. The topological polar surface area (TPSA) is 56.0 Å². The van der Waals surface area contributed by atoms with Crippen LogP contribution in [-0.2, 0) is 7.05 Å². The van der Waals surface area contributed by atoms with E-state index in [1.165, 1.54) is 0 Å². The van der Waals surface area contributed by atoms with E-state index in [2.05, 4.69) is 14.5 Å². The predicted molar refractivity (Wildman–Crippen MR) is 96.6 cm³/mol. The van der Waals surface area contributed by atoms with Crippen molar-refractivity contribution in [2.24, 2.45) is 7.05 Å². The van der Waals surface area contributed by atoms with Crippen LogP contribution in [0.5, 0.6) is 0 Å². The predicted octanol–water partition coefficient (Wildman–Crippen LogP) is 2.86. The highest BCUT2D eigenvalue weighted by Crippen LogP contribution is 2.25. The zero-order valence-corrected chi connectivity index (χ0v) is 14.9. The fraction of sp³-hybridized carbons (Fsp3) is 0.421. The molecule has 1 aliphatic rings. The fourth-order valence-corrected chi connectivity index (χ4v) is 3.78. The summed E-state index contributed by atoms with van der Waals surface area (Å²) in [6.07, 6.45) is 5.93. The Balaban J connectivity index is 1.59. The third kappa shape index (κ3) is 2.71. The van der Waals surface area contributed by atoms with Gasteiger partial charge in [-0.1, -0.05) is 0 Å². The Morgan fingerprint density at radius 2 is 2.08 bits per heavy atom. The largest absolute Gasteiger partial charge is 0.337 e. The summed E-state index contributed by atoms with van der Waals surface area (Å²) >= 11 is 0. The Labute approximate surface area is 147 Å². The van der Waals surface area contributed by atoms with E-state index in [4.69, 9.17) is 0 Å². The Morgan fingerprint density at radius 3 is 2.84 bits per heavy atom. The first-order chi connectivity index (χ1) is 12.0. The van der Waals surface area contributed by atoms with E-state index in [0.29, 0.717) is 11.6 Å². The number of benzene rings is 1. The maximum Gasteiger partial charge on any atom is 0.254 e. The molecule has 1 atom stereocenters. The Bertz CT molecular complexity index is 939. The van der Waals surface area contributed by atoms with E-state index in [1.54, 1.807) is 0 Å². The molecule has 0 N–H and O–H groups in total. The average molecular weight is 337 g/mol. The molecular formula is C19H23N5O. The van der Waals surface area contributed by atoms with Crippen LogP contribution < -0.4 is 0 Å². The summed E-state index contributed by atoms with van der Waals surface area (Å²) in [6.45, 7) is 5.53. The second kappa shape index (κ2) is 6.02. The van der Waals surface area contributed by atoms with Crippen molar-refractivity contribution in [1.29, 1.82) is 0 Å². The van der Waals surface area contributed by atoms with Gasteiger partial charge in [-0.3, -0.25) is 4.79 Å². The number of carbonyl (C=O) groups excluding carboxylic acids is 1. The van der Waals surface area contributed by atoms with Crippen LogP contribution in [-0.4, -0.2) is 43.0 Å². The SMILES string of the molecule is Cc1nccn1C1CCCN(C(=O)c2ccc3c(c2)nc(C)n3C)C1. The van der Waals surface area contributed by atoms with Crippen molar-refractivity contribution in [3.63, 3.8) is 0 Å². The summed E-state index contributed by atoms with van der Waals surface area (Å²) in [5, 5.41) is 0. The van der Waals surface area contributed by atoms with E-state index in [9.17, 15) is 4.79 Å². The zero-order valence-electron chi connectivity index (χ0n) is 14.9. The molecule has 0 saturated carbocycles. The molecule has 2 aromatic heterocycles. The van der Waals surface area contributed by atoms with Crippen molar-refractivity contribution < 1.29 is 4.79 Å². The Morgan fingerprint density at radius 1 is 1.24 bits per heavy atom. The molecule has 6 nitrogen and oxygen atoms in total. The van der Waals surface area contributed by atoms with Crippen LogP contribution in [0.2, 0.25) is 0 Å². The average Bonchev–Trinajstić information content (AvgIpc) is 3.17. The molecule has 6 heteroatoms. The van der Waals surface area contributed by atoms with Gasteiger partial charge >= 0.3 is 0 Å². The molecule has 3 aromatic rings. The first kappa shape index (κ1) is 15.9. The molecule has 130 valence electrons. The highest BCUT2D eigenvalue weighted by atomic mass is 16.2. The van der Waals surface area contributed by atoms with Crippen molar-refractivity contribution in [3.8, 4) is 0 Å². The van der Waals surface area contributed by atoms with Crippen molar-refractivity contribution in [3.05, 3.63) is 47.8 Å². The highest BCUT2D eigenvalue weighted by molar-refractivity contribution is 5.97. The third-order valence-electron chi connectivity index (χ3n) is 5.29. The lowest BCUT2D eigenvalue weighted by Crippen LogP contribution is -2.40. The lowest BCUT2D eigenvalue weighted by atomic mass is 10.0. The maximum absolute atomic E-state index is 13.0. The molecule has 4 rings (SSSR count). The van der Waals surface area contributed by atoms with Crippen molar-refractivity contribution in [1.82, 2.24) is 24.0 Å². The van der Waals surface area contributed by atoms with Gasteiger partial charge in [-0.2, -0.15) is 0 Å². The van der Waals surface area contributed by atoms with Gasteiger partial charge in [0.25, 0.3) is 5.91 Å². The first-order valence-electron chi connectivity index (χ1n) is 8.76. The number of likely N-dealkylation sites (tertiary alicyclic amines) is 1. The fourth-order valence-electron chi connectivity index (χ4n) is 3.78. The lowest BCUT2D eigenvalue weighted by Gasteiger charge is -2.34. The van der Waals surface area contributed by atoms with Crippen LogP contribution in [0.3, 0.4) is 0 Å². The molecule has 0 spiro atoms. The van der Waals surface area contributed by atoms with E-state index >= 15 is 0 Å². The van der Waals surface area contributed by atoms with Crippen LogP contribution in [0, 0.1) is 13.8 Å². The van der Waals surface area contributed by atoms with Gasteiger partial charge < -0.3 is 14.0 Å². The molecule has 0 radical (unpaired) electrons. The molecule has 3 heterocycles. The minimum absolute atomic E-state index is 0.0904. The minimum Gasteiger partial charge on any atom is -0.337 e. The molecule has 0 aliphatic carbocycles. The first-order valence-corrected chi connectivity index (χ1v) is 8.76. The van der Waals surface area contributed by atoms with Crippen LogP contribution in [0.4, 0.5) is 0 Å². The normalized spacial score (nSPS) is 18.0. The number of hydrogen-bond donors (Lipinski definition) is 0. The Hall–Kier alpha value is -2.63. The number of nitrogens with zero attached hydrogens (tertiary/aromatic N) is 5. The number of aromatic nitrogens is 4. The summed E-state index contributed by atoms with van der Waals surface area (Å²) < 4.78 is 4.23. The Kier molecular flexibility index (Phi) is 3.82. The van der Waals surface area contributed by atoms with Gasteiger partial charge in [0.15, 0.2) is 0 Å². The molecular weight excluding hydrogens is 314 g/mol. The van der Waals surface area contributed by atoms with Crippen molar-refractivity contribution >= 4 is 16.9 Å². The van der Waals surface area contributed by atoms with Crippen LogP contribution in [0.15, 0.2) is 30.6 Å². The lowest BCUT2D eigenvalue weighted by molar-refractivity contribution is 0.0678. The number of imidazole rings is 2. The van der Waals surface area contributed by atoms with E-state index in [-0.39, 0.29) is 5.91 Å². The molecule has 1 aliphatic heterocycles. The maximum atomic E-state index is 13.0. The van der Waals surface area contributed by atoms with Gasteiger partial charge in [-0.15, -0.1) is 0 Å². The monoisotopic (exact) mass is 337 g/mol. The van der Waals surface area contributed by atoms with Gasteiger partial charge in [-0.25, -0.2) is 9.97 Å². The second-order valence-corrected chi connectivity index (χ2v) is 6.85. The van der Waals surface area contributed by atoms with Gasteiger partial charge in [-0.05, 0) is 44.9 Å². The molecule has 1 unspecified atom stereocenters.